The number of carboxylic acid groups (broad SMARTS) is 1. The molecule has 1 aliphatic carbocycles. The fraction of sp³-hybridized carbons (Fsp3) is 0.882. The van der Waals surface area contributed by atoms with Gasteiger partial charge in [0, 0.05) is 19.5 Å². The molecule has 2 fully saturated rings. The second-order valence-corrected chi connectivity index (χ2v) is 7.55. The first-order valence-corrected chi connectivity index (χ1v) is 8.40. The lowest BCUT2D eigenvalue weighted by atomic mass is 9.69. The highest BCUT2D eigenvalue weighted by Gasteiger charge is 2.38. The van der Waals surface area contributed by atoms with Gasteiger partial charge in [-0.15, -0.1) is 0 Å². The zero-order valence-electron chi connectivity index (χ0n) is 13.4. The molecule has 4 heteroatoms. The molecule has 2 unspecified atom stereocenters. The van der Waals surface area contributed by atoms with Crippen molar-refractivity contribution in [2.24, 2.45) is 17.3 Å². The molecule has 2 rings (SSSR count). The number of carboxylic acids is 1. The van der Waals surface area contributed by atoms with Crippen LogP contribution >= 0.6 is 0 Å². The first-order valence-electron chi connectivity index (χ1n) is 8.40. The lowest BCUT2D eigenvalue weighted by Gasteiger charge is -2.40. The van der Waals surface area contributed by atoms with Gasteiger partial charge in [-0.05, 0) is 36.5 Å². The van der Waals surface area contributed by atoms with E-state index in [1.165, 1.54) is 12.8 Å². The number of hydrogen-bond acceptors (Lipinski definition) is 2. The topological polar surface area (TPSA) is 57.6 Å². The van der Waals surface area contributed by atoms with Crippen LogP contribution in [0.1, 0.15) is 65.2 Å². The number of rotatable bonds is 4. The quantitative estimate of drug-likeness (QED) is 0.865. The summed E-state index contributed by atoms with van der Waals surface area (Å²) in [5.74, 6) is 0.528. The number of carbonyl (C=O) groups is 2. The van der Waals surface area contributed by atoms with Crippen molar-refractivity contribution < 1.29 is 14.7 Å². The molecule has 1 aliphatic heterocycles. The van der Waals surface area contributed by atoms with E-state index in [1.54, 1.807) is 0 Å². The Morgan fingerprint density at radius 1 is 1.05 bits per heavy atom. The van der Waals surface area contributed by atoms with Crippen LogP contribution in [-0.4, -0.2) is 35.0 Å². The van der Waals surface area contributed by atoms with Crippen LogP contribution in [0, 0.1) is 17.3 Å². The lowest BCUT2D eigenvalue weighted by molar-refractivity contribution is -0.143. The van der Waals surface area contributed by atoms with Gasteiger partial charge in [-0.3, -0.25) is 9.59 Å². The minimum Gasteiger partial charge on any atom is -0.481 e. The summed E-state index contributed by atoms with van der Waals surface area (Å²) in [6, 6.07) is 0. The van der Waals surface area contributed by atoms with E-state index in [1.807, 2.05) is 4.90 Å². The highest BCUT2D eigenvalue weighted by atomic mass is 16.4. The number of amides is 1. The second-order valence-electron chi connectivity index (χ2n) is 7.55. The average Bonchev–Trinajstić information content (AvgIpc) is 2.37. The molecule has 1 saturated heterocycles. The molecule has 0 radical (unpaired) electrons. The van der Waals surface area contributed by atoms with E-state index in [0.717, 1.165) is 38.8 Å². The molecule has 21 heavy (non-hydrogen) atoms. The van der Waals surface area contributed by atoms with E-state index in [-0.39, 0.29) is 17.7 Å². The fourth-order valence-corrected chi connectivity index (χ4v) is 4.34. The molecule has 1 N–H and O–H groups in total. The third kappa shape index (κ3) is 4.45. The predicted octanol–water partition coefficient (Wildman–Crippen LogP) is 3.31. The third-order valence-corrected chi connectivity index (χ3v) is 5.19. The van der Waals surface area contributed by atoms with Crippen molar-refractivity contribution >= 4 is 11.9 Å². The maximum atomic E-state index is 12.7. The van der Waals surface area contributed by atoms with Crippen molar-refractivity contribution in [3.8, 4) is 0 Å². The van der Waals surface area contributed by atoms with E-state index in [0.29, 0.717) is 18.3 Å². The lowest BCUT2D eigenvalue weighted by Crippen LogP contribution is -2.45. The van der Waals surface area contributed by atoms with Crippen LogP contribution in [0.25, 0.3) is 0 Å². The molecule has 0 aromatic carbocycles. The number of aliphatic carboxylic acids is 1. The second kappa shape index (κ2) is 6.80. The van der Waals surface area contributed by atoms with Crippen LogP contribution in [0.4, 0.5) is 0 Å². The molecule has 120 valence electrons. The largest absolute Gasteiger partial charge is 0.481 e. The number of likely N-dealkylation sites (tertiary alicyclic amines) is 1. The number of piperidine rings is 1. The van der Waals surface area contributed by atoms with Crippen LogP contribution < -0.4 is 0 Å². The monoisotopic (exact) mass is 295 g/mol. The maximum absolute atomic E-state index is 12.7. The summed E-state index contributed by atoms with van der Waals surface area (Å²) >= 11 is 0. The summed E-state index contributed by atoms with van der Waals surface area (Å²) in [6.45, 7) is 6.08. The van der Waals surface area contributed by atoms with Gasteiger partial charge in [-0.2, -0.15) is 0 Å². The van der Waals surface area contributed by atoms with Crippen LogP contribution in [0.5, 0.6) is 0 Å². The fourth-order valence-electron chi connectivity index (χ4n) is 4.34. The number of hydrogen-bond donors (Lipinski definition) is 1. The third-order valence-electron chi connectivity index (χ3n) is 5.19. The van der Waals surface area contributed by atoms with Gasteiger partial charge in [-0.1, -0.05) is 33.1 Å². The molecule has 1 amide bonds. The van der Waals surface area contributed by atoms with Crippen molar-refractivity contribution in [1.29, 1.82) is 0 Å². The summed E-state index contributed by atoms with van der Waals surface area (Å²) in [4.78, 5) is 25.9. The predicted molar refractivity (Wildman–Crippen MR) is 81.9 cm³/mol. The highest BCUT2D eigenvalue weighted by molar-refractivity contribution is 5.78. The molecule has 2 aliphatic rings. The minimum atomic E-state index is -0.759. The van der Waals surface area contributed by atoms with Crippen molar-refractivity contribution in [2.75, 3.05) is 13.1 Å². The molecular weight excluding hydrogens is 266 g/mol. The van der Waals surface area contributed by atoms with Crippen LogP contribution in [0.2, 0.25) is 0 Å². The highest BCUT2D eigenvalue weighted by Crippen LogP contribution is 2.43. The van der Waals surface area contributed by atoms with Crippen LogP contribution in [0.15, 0.2) is 0 Å². The Balaban J connectivity index is 2.01. The Kier molecular flexibility index (Phi) is 5.28. The molecule has 2 atom stereocenters. The molecule has 0 bridgehead atoms. The van der Waals surface area contributed by atoms with Gasteiger partial charge in [0.15, 0.2) is 0 Å². The molecule has 1 saturated carbocycles. The zero-order valence-corrected chi connectivity index (χ0v) is 13.4. The number of nitrogens with zero attached hydrogens (tertiary/aromatic N) is 1. The zero-order chi connectivity index (χ0) is 15.5. The SMILES string of the molecule is CC1CC(C)CN(C(=O)CC2(CC(=O)O)CCCCC2)C1. The summed E-state index contributed by atoms with van der Waals surface area (Å²) < 4.78 is 0. The molecule has 0 aromatic heterocycles. The van der Waals surface area contributed by atoms with Crippen molar-refractivity contribution in [2.45, 2.75) is 65.2 Å². The summed E-state index contributed by atoms with van der Waals surface area (Å²) in [5.41, 5.74) is -0.287. The Morgan fingerprint density at radius 2 is 1.62 bits per heavy atom. The van der Waals surface area contributed by atoms with Gasteiger partial charge in [0.05, 0.1) is 6.42 Å². The van der Waals surface area contributed by atoms with E-state index in [9.17, 15) is 14.7 Å². The molecule has 1 heterocycles. The summed E-state index contributed by atoms with van der Waals surface area (Å²) in [5, 5.41) is 9.21. The smallest absolute Gasteiger partial charge is 0.303 e. The normalized spacial score (nSPS) is 29.1. The molecule has 4 nitrogen and oxygen atoms in total. The van der Waals surface area contributed by atoms with Crippen molar-refractivity contribution in [3.63, 3.8) is 0 Å². The van der Waals surface area contributed by atoms with Gasteiger partial charge >= 0.3 is 5.97 Å². The van der Waals surface area contributed by atoms with Crippen molar-refractivity contribution in [1.82, 2.24) is 4.90 Å². The summed E-state index contributed by atoms with van der Waals surface area (Å²) in [7, 11) is 0. The van der Waals surface area contributed by atoms with Gasteiger partial charge in [0.25, 0.3) is 0 Å². The Labute approximate surface area is 127 Å². The number of carbonyl (C=O) groups excluding carboxylic acids is 1. The van der Waals surface area contributed by atoms with Gasteiger partial charge < -0.3 is 10.0 Å². The standard InChI is InChI=1S/C17H29NO3/c1-13-8-14(2)12-18(11-13)15(19)9-17(10-16(20)21)6-4-3-5-7-17/h13-14H,3-12H2,1-2H3,(H,20,21). The van der Waals surface area contributed by atoms with Gasteiger partial charge in [0.1, 0.15) is 0 Å². The molecule has 0 spiro atoms. The van der Waals surface area contributed by atoms with E-state index >= 15 is 0 Å². The first-order chi connectivity index (χ1) is 9.90. The van der Waals surface area contributed by atoms with Crippen LogP contribution in [-0.2, 0) is 9.59 Å². The van der Waals surface area contributed by atoms with Crippen LogP contribution in [0.3, 0.4) is 0 Å². The molecule has 0 aromatic rings. The Bertz CT molecular complexity index is 377. The maximum Gasteiger partial charge on any atom is 0.303 e. The Morgan fingerprint density at radius 3 is 2.14 bits per heavy atom. The molecular formula is C17H29NO3. The van der Waals surface area contributed by atoms with Gasteiger partial charge in [-0.25, -0.2) is 0 Å². The van der Waals surface area contributed by atoms with Gasteiger partial charge in [0.2, 0.25) is 5.91 Å². The first kappa shape index (κ1) is 16.3. The minimum absolute atomic E-state index is 0.150. The van der Waals surface area contributed by atoms with E-state index in [2.05, 4.69) is 13.8 Å². The van der Waals surface area contributed by atoms with E-state index < -0.39 is 5.97 Å². The Hall–Kier alpha value is -1.06. The van der Waals surface area contributed by atoms with Crippen molar-refractivity contribution in [3.05, 3.63) is 0 Å². The average molecular weight is 295 g/mol. The summed E-state index contributed by atoms with van der Waals surface area (Å²) in [6.07, 6.45) is 6.85. The van der Waals surface area contributed by atoms with E-state index in [4.69, 9.17) is 0 Å².